The van der Waals surface area contributed by atoms with Crippen molar-refractivity contribution < 1.29 is 4.79 Å². The van der Waals surface area contributed by atoms with Crippen LogP contribution in [0.25, 0.3) is 16.8 Å². The number of anilines is 2. The number of hydrogen-bond acceptors (Lipinski definition) is 7. The molecule has 3 aromatic rings. The SMILES string of the molecule is CN(N)/C=C/c1ccc2cnc(NC(=O)c3ccnc(N4CCNCC4)c3)cc2c1. The van der Waals surface area contributed by atoms with Crippen molar-refractivity contribution >= 4 is 34.4 Å². The molecule has 0 aliphatic carbocycles. The lowest BCUT2D eigenvalue weighted by atomic mass is 10.1. The molecule has 1 amide bonds. The molecule has 0 saturated carbocycles. The molecule has 4 N–H and O–H groups in total. The molecule has 8 nitrogen and oxygen atoms in total. The van der Waals surface area contributed by atoms with Gasteiger partial charge in [-0.25, -0.2) is 15.8 Å². The molecular formula is C22H25N7O. The zero-order chi connectivity index (χ0) is 20.9. The van der Waals surface area contributed by atoms with Gasteiger partial charge in [-0.2, -0.15) is 0 Å². The van der Waals surface area contributed by atoms with Crippen LogP contribution in [0.3, 0.4) is 0 Å². The summed E-state index contributed by atoms with van der Waals surface area (Å²) in [6.45, 7) is 3.58. The van der Waals surface area contributed by atoms with Gasteiger partial charge in [-0.3, -0.25) is 4.79 Å². The number of pyridine rings is 2. The van der Waals surface area contributed by atoms with Crippen LogP contribution in [-0.4, -0.2) is 54.1 Å². The molecule has 0 radical (unpaired) electrons. The number of rotatable bonds is 5. The number of amides is 1. The normalized spacial score (nSPS) is 14.3. The van der Waals surface area contributed by atoms with Gasteiger partial charge in [-0.15, -0.1) is 0 Å². The van der Waals surface area contributed by atoms with Crippen LogP contribution in [-0.2, 0) is 0 Å². The van der Waals surface area contributed by atoms with Crippen LogP contribution in [0.15, 0.2) is 55.0 Å². The molecule has 1 aliphatic heterocycles. The average molecular weight is 403 g/mol. The van der Waals surface area contributed by atoms with E-state index >= 15 is 0 Å². The molecule has 0 unspecified atom stereocenters. The summed E-state index contributed by atoms with van der Waals surface area (Å²) >= 11 is 0. The Hall–Kier alpha value is -3.49. The van der Waals surface area contributed by atoms with Gasteiger partial charge in [-0.05, 0) is 41.3 Å². The van der Waals surface area contributed by atoms with Gasteiger partial charge in [0.2, 0.25) is 0 Å². The highest BCUT2D eigenvalue weighted by Crippen LogP contribution is 2.20. The topological polar surface area (TPSA) is 99.4 Å². The Morgan fingerprint density at radius 1 is 1.17 bits per heavy atom. The first-order valence-electron chi connectivity index (χ1n) is 9.87. The first kappa shape index (κ1) is 19.8. The van der Waals surface area contributed by atoms with Gasteiger partial charge in [0.1, 0.15) is 11.6 Å². The third kappa shape index (κ3) is 4.73. The number of aromatic nitrogens is 2. The molecular weight excluding hydrogens is 378 g/mol. The maximum absolute atomic E-state index is 12.8. The third-order valence-corrected chi connectivity index (χ3v) is 4.94. The molecule has 0 spiro atoms. The number of piperazine rings is 1. The van der Waals surface area contributed by atoms with Gasteiger partial charge < -0.3 is 20.5 Å². The van der Waals surface area contributed by atoms with Crippen molar-refractivity contribution in [2.24, 2.45) is 5.84 Å². The molecule has 1 fully saturated rings. The van der Waals surface area contributed by atoms with Crippen molar-refractivity contribution in [2.45, 2.75) is 0 Å². The summed E-state index contributed by atoms with van der Waals surface area (Å²) in [6.07, 6.45) is 7.14. The number of carbonyl (C=O) groups excluding carboxylic acids is 1. The van der Waals surface area contributed by atoms with E-state index in [4.69, 9.17) is 5.84 Å². The Kier molecular flexibility index (Phi) is 5.87. The number of nitrogens with one attached hydrogen (secondary N) is 2. The van der Waals surface area contributed by atoms with E-state index in [2.05, 4.69) is 25.5 Å². The van der Waals surface area contributed by atoms with E-state index in [0.717, 1.165) is 48.3 Å². The minimum absolute atomic E-state index is 0.207. The minimum Gasteiger partial charge on any atom is -0.354 e. The monoisotopic (exact) mass is 403 g/mol. The van der Waals surface area contributed by atoms with Crippen LogP contribution in [0, 0.1) is 0 Å². The number of nitrogens with two attached hydrogens (primary N) is 1. The molecule has 30 heavy (non-hydrogen) atoms. The van der Waals surface area contributed by atoms with Crippen LogP contribution in [0.4, 0.5) is 11.6 Å². The zero-order valence-corrected chi connectivity index (χ0v) is 16.9. The fourth-order valence-electron chi connectivity index (χ4n) is 3.35. The van der Waals surface area contributed by atoms with E-state index in [1.165, 1.54) is 5.01 Å². The summed E-state index contributed by atoms with van der Waals surface area (Å²) in [7, 11) is 1.77. The first-order valence-corrected chi connectivity index (χ1v) is 9.87. The molecule has 0 bridgehead atoms. The van der Waals surface area contributed by atoms with Crippen LogP contribution in [0.1, 0.15) is 15.9 Å². The summed E-state index contributed by atoms with van der Waals surface area (Å²) in [5.41, 5.74) is 1.57. The maximum Gasteiger partial charge on any atom is 0.257 e. The average Bonchev–Trinajstić information content (AvgIpc) is 2.78. The molecule has 1 aliphatic rings. The number of fused-ring (bicyclic) bond motifs is 1. The van der Waals surface area contributed by atoms with E-state index in [1.807, 2.05) is 36.4 Å². The summed E-state index contributed by atoms with van der Waals surface area (Å²) in [4.78, 5) is 23.8. The molecule has 4 rings (SSSR count). The van der Waals surface area contributed by atoms with E-state index < -0.39 is 0 Å². The Labute approximate surface area is 175 Å². The number of benzene rings is 1. The van der Waals surface area contributed by atoms with Gasteiger partial charge in [0, 0.05) is 62.8 Å². The third-order valence-electron chi connectivity index (χ3n) is 4.94. The van der Waals surface area contributed by atoms with Crippen molar-refractivity contribution in [2.75, 3.05) is 43.4 Å². The molecule has 8 heteroatoms. The Balaban J connectivity index is 1.52. The van der Waals surface area contributed by atoms with Crippen LogP contribution < -0.4 is 21.4 Å². The largest absolute Gasteiger partial charge is 0.354 e. The Morgan fingerprint density at radius 3 is 2.80 bits per heavy atom. The Bertz CT molecular complexity index is 1070. The van der Waals surface area contributed by atoms with Crippen LogP contribution in [0.2, 0.25) is 0 Å². The number of nitrogens with zero attached hydrogens (tertiary/aromatic N) is 4. The smallest absolute Gasteiger partial charge is 0.257 e. The summed E-state index contributed by atoms with van der Waals surface area (Å²) in [5.74, 6) is 6.74. The predicted molar refractivity (Wildman–Crippen MR) is 120 cm³/mol. The van der Waals surface area contributed by atoms with E-state index in [-0.39, 0.29) is 5.91 Å². The van der Waals surface area contributed by atoms with Crippen LogP contribution >= 0.6 is 0 Å². The fourth-order valence-corrected chi connectivity index (χ4v) is 3.35. The summed E-state index contributed by atoms with van der Waals surface area (Å²) in [5, 5.41) is 9.68. The second-order valence-corrected chi connectivity index (χ2v) is 7.25. The lowest BCUT2D eigenvalue weighted by Gasteiger charge is -2.28. The number of carbonyl (C=O) groups is 1. The lowest BCUT2D eigenvalue weighted by molar-refractivity contribution is 0.102. The zero-order valence-electron chi connectivity index (χ0n) is 16.9. The second-order valence-electron chi connectivity index (χ2n) is 7.25. The molecule has 2 aromatic heterocycles. The van der Waals surface area contributed by atoms with Crippen molar-refractivity contribution in [1.82, 2.24) is 20.3 Å². The molecule has 154 valence electrons. The Morgan fingerprint density at radius 2 is 2.00 bits per heavy atom. The first-order chi connectivity index (χ1) is 14.6. The predicted octanol–water partition coefficient (Wildman–Crippen LogP) is 2.07. The van der Waals surface area contributed by atoms with Gasteiger partial charge in [0.05, 0.1) is 0 Å². The lowest BCUT2D eigenvalue weighted by Crippen LogP contribution is -2.43. The highest BCUT2D eigenvalue weighted by molar-refractivity contribution is 6.05. The highest BCUT2D eigenvalue weighted by Gasteiger charge is 2.14. The number of hydrogen-bond donors (Lipinski definition) is 3. The van der Waals surface area contributed by atoms with Crippen molar-refractivity contribution in [3.8, 4) is 0 Å². The minimum atomic E-state index is -0.207. The van der Waals surface area contributed by atoms with Gasteiger partial charge in [-0.1, -0.05) is 12.1 Å². The summed E-state index contributed by atoms with van der Waals surface area (Å²) in [6, 6.07) is 11.4. The van der Waals surface area contributed by atoms with E-state index in [0.29, 0.717) is 11.4 Å². The standard InChI is InChI=1S/C22H25N7O/c1-28(23)9-5-16-2-3-18-15-26-20(13-19(18)12-16)27-22(30)17-4-6-25-21(14-17)29-10-7-24-8-11-29/h2-6,9,12-15,24H,7-8,10-11,23H2,1H3,(H,26,27,30)/b9-5+. The summed E-state index contributed by atoms with van der Waals surface area (Å²) < 4.78 is 0. The van der Waals surface area contributed by atoms with Gasteiger partial charge in [0.15, 0.2) is 0 Å². The highest BCUT2D eigenvalue weighted by atomic mass is 16.1. The van der Waals surface area contributed by atoms with E-state index in [9.17, 15) is 4.79 Å². The quantitative estimate of drug-likeness (QED) is 0.443. The molecule has 3 heterocycles. The van der Waals surface area contributed by atoms with Gasteiger partial charge >= 0.3 is 0 Å². The second kappa shape index (κ2) is 8.89. The molecule has 1 aromatic carbocycles. The van der Waals surface area contributed by atoms with Crippen molar-refractivity contribution in [3.05, 3.63) is 66.1 Å². The number of hydrazine groups is 1. The van der Waals surface area contributed by atoms with Crippen molar-refractivity contribution in [1.29, 1.82) is 0 Å². The van der Waals surface area contributed by atoms with Crippen LogP contribution in [0.5, 0.6) is 0 Å². The molecule has 1 saturated heterocycles. The van der Waals surface area contributed by atoms with Crippen molar-refractivity contribution in [3.63, 3.8) is 0 Å². The van der Waals surface area contributed by atoms with Gasteiger partial charge in [0.25, 0.3) is 5.91 Å². The fraction of sp³-hybridized carbons (Fsp3) is 0.227. The molecule has 0 atom stereocenters. The maximum atomic E-state index is 12.8. The van der Waals surface area contributed by atoms with E-state index in [1.54, 1.807) is 31.7 Å².